The van der Waals surface area contributed by atoms with Gasteiger partial charge in [-0.15, -0.1) is 0 Å². The normalized spacial score (nSPS) is 30.1. The van der Waals surface area contributed by atoms with Crippen molar-refractivity contribution in [2.75, 3.05) is 6.54 Å². The van der Waals surface area contributed by atoms with E-state index in [0.29, 0.717) is 12.5 Å². The second-order valence-corrected chi connectivity index (χ2v) is 6.06. The number of piperazine rings is 1. The summed E-state index contributed by atoms with van der Waals surface area (Å²) in [5.41, 5.74) is -0.757. The predicted octanol–water partition coefficient (Wildman–Crippen LogP) is 1.16. The SMILES string of the molecule is CC(CN1C(=O)C(C)(C)NC(=O)C1C)C1CC1. The van der Waals surface area contributed by atoms with Gasteiger partial charge in [0.2, 0.25) is 11.8 Å². The van der Waals surface area contributed by atoms with Crippen molar-refractivity contribution in [2.24, 2.45) is 11.8 Å². The number of hydrogen-bond donors (Lipinski definition) is 1. The number of nitrogens with one attached hydrogen (secondary N) is 1. The molecule has 1 aliphatic heterocycles. The lowest BCUT2D eigenvalue weighted by molar-refractivity contribution is -0.153. The second-order valence-electron chi connectivity index (χ2n) is 6.06. The van der Waals surface area contributed by atoms with E-state index < -0.39 is 5.54 Å². The Hall–Kier alpha value is -1.06. The molecular weight excluding hydrogens is 216 g/mol. The zero-order chi connectivity index (χ0) is 12.8. The highest BCUT2D eigenvalue weighted by molar-refractivity contribution is 5.99. The van der Waals surface area contributed by atoms with Crippen molar-refractivity contribution in [3.05, 3.63) is 0 Å². The van der Waals surface area contributed by atoms with Crippen LogP contribution in [0.3, 0.4) is 0 Å². The summed E-state index contributed by atoms with van der Waals surface area (Å²) in [6.45, 7) is 8.24. The fourth-order valence-corrected chi connectivity index (χ4v) is 2.51. The first-order valence-electron chi connectivity index (χ1n) is 6.46. The highest BCUT2D eigenvalue weighted by Crippen LogP contribution is 2.37. The Labute approximate surface area is 103 Å². The number of rotatable bonds is 3. The predicted molar refractivity (Wildman–Crippen MR) is 65.3 cm³/mol. The molecule has 2 amide bonds. The Morgan fingerprint density at radius 2 is 2.00 bits per heavy atom. The van der Waals surface area contributed by atoms with Crippen molar-refractivity contribution >= 4 is 11.8 Å². The van der Waals surface area contributed by atoms with Crippen LogP contribution in [-0.2, 0) is 9.59 Å². The first kappa shape index (κ1) is 12.4. The van der Waals surface area contributed by atoms with Crippen LogP contribution in [0.15, 0.2) is 0 Å². The van der Waals surface area contributed by atoms with Gasteiger partial charge in [-0.1, -0.05) is 6.92 Å². The Balaban J connectivity index is 2.11. The lowest BCUT2D eigenvalue weighted by atomic mass is 9.95. The summed E-state index contributed by atoms with van der Waals surface area (Å²) in [6, 6.07) is -0.336. The molecule has 1 saturated carbocycles. The Kier molecular flexibility index (Phi) is 2.92. The molecule has 1 N–H and O–H groups in total. The summed E-state index contributed by atoms with van der Waals surface area (Å²) in [5.74, 6) is 1.25. The van der Waals surface area contributed by atoms with E-state index in [-0.39, 0.29) is 17.9 Å². The third kappa shape index (κ3) is 2.31. The minimum Gasteiger partial charge on any atom is -0.340 e. The van der Waals surface area contributed by atoms with Crippen molar-refractivity contribution in [1.29, 1.82) is 0 Å². The molecule has 1 saturated heterocycles. The average Bonchev–Trinajstić information content (AvgIpc) is 3.04. The van der Waals surface area contributed by atoms with Gasteiger partial charge in [-0.3, -0.25) is 9.59 Å². The molecule has 17 heavy (non-hydrogen) atoms. The van der Waals surface area contributed by atoms with Crippen LogP contribution in [-0.4, -0.2) is 34.8 Å². The van der Waals surface area contributed by atoms with E-state index in [1.54, 1.807) is 18.7 Å². The summed E-state index contributed by atoms with van der Waals surface area (Å²) in [7, 11) is 0. The second kappa shape index (κ2) is 4.00. The topological polar surface area (TPSA) is 49.4 Å². The Morgan fingerprint density at radius 1 is 1.41 bits per heavy atom. The van der Waals surface area contributed by atoms with Crippen molar-refractivity contribution in [2.45, 2.75) is 52.1 Å². The molecule has 0 bridgehead atoms. The summed E-state index contributed by atoms with van der Waals surface area (Å²) >= 11 is 0. The van der Waals surface area contributed by atoms with Gasteiger partial charge >= 0.3 is 0 Å². The van der Waals surface area contributed by atoms with Crippen molar-refractivity contribution < 1.29 is 9.59 Å². The Morgan fingerprint density at radius 3 is 2.53 bits per heavy atom. The molecule has 0 aromatic heterocycles. The zero-order valence-electron chi connectivity index (χ0n) is 11.1. The van der Waals surface area contributed by atoms with Gasteiger partial charge in [0.15, 0.2) is 0 Å². The third-order valence-electron chi connectivity index (χ3n) is 3.99. The van der Waals surface area contributed by atoms with Gasteiger partial charge in [0.25, 0.3) is 0 Å². The molecule has 2 atom stereocenters. The van der Waals surface area contributed by atoms with Crippen LogP contribution in [0, 0.1) is 11.8 Å². The first-order valence-corrected chi connectivity index (χ1v) is 6.46. The molecule has 0 spiro atoms. The molecule has 0 aromatic rings. The largest absolute Gasteiger partial charge is 0.340 e. The van der Waals surface area contributed by atoms with Crippen LogP contribution < -0.4 is 5.32 Å². The molecular formula is C13H22N2O2. The molecule has 96 valence electrons. The van der Waals surface area contributed by atoms with E-state index in [0.717, 1.165) is 5.92 Å². The van der Waals surface area contributed by atoms with Gasteiger partial charge in [0.05, 0.1) is 0 Å². The van der Waals surface area contributed by atoms with E-state index in [9.17, 15) is 9.59 Å². The molecule has 2 unspecified atom stereocenters. The van der Waals surface area contributed by atoms with Crippen molar-refractivity contribution in [3.63, 3.8) is 0 Å². The van der Waals surface area contributed by atoms with Gasteiger partial charge in [0, 0.05) is 6.54 Å². The maximum atomic E-state index is 12.3. The van der Waals surface area contributed by atoms with E-state index in [4.69, 9.17) is 0 Å². The van der Waals surface area contributed by atoms with E-state index in [1.165, 1.54) is 12.8 Å². The van der Waals surface area contributed by atoms with E-state index in [2.05, 4.69) is 12.2 Å². The molecule has 1 heterocycles. The van der Waals surface area contributed by atoms with Gasteiger partial charge in [-0.05, 0) is 45.4 Å². The number of nitrogens with zero attached hydrogens (tertiary/aromatic N) is 1. The molecule has 0 radical (unpaired) electrons. The minimum absolute atomic E-state index is 0.0390. The monoisotopic (exact) mass is 238 g/mol. The molecule has 2 fully saturated rings. The van der Waals surface area contributed by atoms with Gasteiger partial charge in [-0.25, -0.2) is 0 Å². The first-order chi connectivity index (χ1) is 7.83. The molecule has 2 rings (SSSR count). The molecule has 0 aromatic carbocycles. The highest BCUT2D eigenvalue weighted by atomic mass is 16.2. The molecule has 1 aliphatic carbocycles. The summed E-state index contributed by atoms with van der Waals surface area (Å²) < 4.78 is 0. The molecule has 4 nitrogen and oxygen atoms in total. The summed E-state index contributed by atoms with van der Waals surface area (Å²) in [4.78, 5) is 25.9. The van der Waals surface area contributed by atoms with Crippen molar-refractivity contribution in [1.82, 2.24) is 10.2 Å². The minimum atomic E-state index is -0.757. The summed E-state index contributed by atoms with van der Waals surface area (Å²) in [6.07, 6.45) is 2.54. The lowest BCUT2D eigenvalue weighted by Crippen LogP contribution is -2.67. The zero-order valence-corrected chi connectivity index (χ0v) is 11.1. The lowest BCUT2D eigenvalue weighted by Gasteiger charge is -2.42. The Bertz CT molecular complexity index is 347. The fourth-order valence-electron chi connectivity index (χ4n) is 2.51. The smallest absolute Gasteiger partial charge is 0.248 e. The van der Waals surface area contributed by atoms with Crippen LogP contribution >= 0.6 is 0 Å². The number of hydrogen-bond acceptors (Lipinski definition) is 2. The van der Waals surface area contributed by atoms with Crippen LogP contribution in [0.25, 0.3) is 0 Å². The maximum Gasteiger partial charge on any atom is 0.248 e. The molecule has 4 heteroatoms. The molecule has 2 aliphatic rings. The van der Waals surface area contributed by atoms with Gasteiger partial charge in [-0.2, -0.15) is 0 Å². The summed E-state index contributed by atoms with van der Waals surface area (Å²) in [5, 5.41) is 2.77. The number of amides is 2. The quantitative estimate of drug-likeness (QED) is 0.802. The number of carbonyl (C=O) groups excluding carboxylic acids is 2. The standard InChI is InChI=1S/C13H22N2O2/c1-8(10-5-6-10)7-15-9(2)11(16)14-13(3,4)12(15)17/h8-10H,5-7H2,1-4H3,(H,14,16). The number of carbonyl (C=O) groups is 2. The maximum absolute atomic E-state index is 12.3. The van der Waals surface area contributed by atoms with Crippen LogP contribution in [0.5, 0.6) is 0 Å². The van der Waals surface area contributed by atoms with Crippen LogP contribution in [0.2, 0.25) is 0 Å². The fraction of sp³-hybridized carbons (Fsp3) is 0.846. The van der Waals surface area contributed by atoms with Crippen LogP contribution in [0.4, 0.5) is 0 Å². The van der Waals surface area contributed by atoms with Gasteiger partial charge in [0.1, 0.15) is 11.6 Å². The van der Waals surface area contributed by atoms with E-state index in [1.807, 2.05) is 6.92 Å². The van der Waals surface area contributed by atoms with E-state index >= 15 is 0 Å². The van der Waals surface area contributed by atoms with Crippen molar-refractivity contribution in [3.8, 4) is 0 Å². The van der Waals surface area contributed by atoms with Crippen LogP contribution in [0.1, 0.15) is 40.5 Å². The highest BCUT2D eigenvalue weighted by Gasteiger charge is 2.44. The van der Waals surface area contributed by atoms with Gasteiger partial charge < -0.3 is 10.2 Å². The third-order valence-corrected chi connectivity index (χ3v) is 3.99. The average molecular weight is 238 g/mol.